The van der Waals surface area contributed by atoms with Gasteiger partial charge in [0, 0.05) is 14.1 Å². The van der Waals surface area contributed by atoms with Gasteiger partial charge in [-0.2, -0.15) is 0 Å². The molecule has 0 aromatic carbocycles. The number of nitrogens with zero attached hydrogens (tertiary/aromatic N) is 2. The highest BCUT2D eigenvalue weighted by atomic mass is 16.2. The summed E-state index contributed by atoms with van der Waals surface area (Å²) in [4.78, 5) is 28.5. The van der Waals surface area contributed by atoms with Crippen LogP contribution in [0.2, 0.25) is 0 Å². The SMILES string of the molecule is CN1C(=O)[C@H]2C=C[C@@]1(C)[C@H]1C=C[C@@]2(C)N(C)C1=O. The second-order valence-corrected chi connectivity index (χ2v) is 5.92. The third-order valence-electron chi connectivity index (χ3n) is 5.15. The Morgan fingerprint density at radius 1 is 0.889 bits per heavy atom. The van der Waals surface area contributed by atoms with Crippen LogP contribution in [0.5, 0.6) is 0 Å². The number of likely N-dealkylation sites (N-methyl/N-ethyl adjacent to an activating group) is 2. The summed E-state index contributed by atoms with van der Waals surface area (Å²) in [5.41, 5.74) is -1.09. The van der Waals surface area contributed by atoms with Crippen molar-refractivity contribution in [2.24, 2.45) is 11.8 Å². The van der Waals surface area contributed by atoms with E-state index >= 15 is 0 Å². The zero-order valence-corrected chi connectivity index (χ0v) is 11.2. The Labute approximate surface area is 107 Å². The molecule has 1 saturated heterocycles. The van der Waals surface area contributed by atoms with Crippen LogP contribution < -0.4 is 0 Å². The van der Waals surface area contributed by atoms with Crippen molar-refractivity contribution in [3.63, 3.8) is 0 Å². The van der Waals surface area contributed by atoms with Crippen LogP contribution in [0.25, 0.3) is 0 Å². The minimum absolute atomic E-state index is 0.0937. The molecule has 0 aromatic heterocycles. The molecule has 0 aromatic rings. The van der Waals surface area contributed by atoms with Crippen molar-refractivity contribution in [2.75, 3.05) is 14.1 Å². The summed E-state index contributed by atoms with van der Waals surface area (Å²) >= 11 is 0. The van der Waals surface area contributed by atoms with Crippen molar-refractivity contribution in [1.82, 2.24) is 9.80 Å². The van der Waals surface area contributed by atoms with Gasteiger partial charge in [-0.3, -0.25) is 9.59 Å². The van der Waals surface area contributed by atoms with Gasteiger partial charge in [-0.1, -0.05) is 24.3 Å². The Balaban J connectivity index is 2.30. The Morgan fingerprint density at radius 3 is 1.56 bits per heavy atom. The van der Waals surface area contributed by atoms with Gasteiger partial charge in [0.2, 0.25) is 11.8 Å². The summed E-state index contributed by atoms with van der Waals surface area (Å²) in [5.74, 6) is -0.392. The third-order valence-corrected chi connectivity index (χ3v) is 5.15. The standard InChI is InChI=1S/C14H18N2O2/c1-13-7-5-10(12(18)15(13)3)14(2)8-6-9(13)11(17)16(14)4/h5-10H,1-4H3/t9-,10+,13-,14+. The van der Waals surface area contributed by atoms with Gasteiger partial charge in [-0.05, 0) is 13.8 Å². The maximum atomic E-state index is 12.5. The molecule has 0 spiro atoms. The third kappa shape index (κ3) is 1.02. The molecule has 6 rings (SSSR count). The fourth-order valence-electron chi connectivity index (χ4n) is 3.38. The van der Waals surface area contributed by atoms with E-state index in [1.165, 1.54) is 0 Å². The monoisotopic (exact) mass is 246 g/mol. The summed E-state index contributed by atoms with van der Waals surface area (Å²) < 4.78 is 0. The Morgan fingerprint density at radius 2 is 1.22 bits per heavy atom. The van der Waals surface area contributed by atoms with E-state index in [1.807, 2.05) is 38.2 Å². The fourth-order valence-corrected chi connectivity index (χ4v) is 3.38. The van der Waals surface area contributed by atoms with E-state index in [4.69, 9.17) is 0 Å². The molecule has 0 radical (unpaired) electrons. The first-order valence-corrected chi connectivity index (χ1v) is 6.26. The van der Waals surface area contributed by atoms with Crippen molar-refractivity contribution in [3.8, 4) is 0 Å². The normalized spacial score (nSPS) is 45.8. The zero-order chi connectivity index (χ0) is 13.3. The number of hydrogen-bond acceptors (Lipinski definition) is 2. The lowest BCUT2D eigenvalue weighted by Gasteiger charge is -2.56. The highest BCUT2D eigenvalue weighted by Crippen LogP contribution is 2.45. The van der Waals surface area contributed by atoms with E-state index in [-0.39, 0.29) is 23.7 Å². The summed E-state index contributed by atoms with van der Waals surface area (Å²) in [6.07, 6.45) is 8.00. The molecular weight excluding hydrogens is 228 g/mol. The first-order chi connectivity index (χ1) is 8.32. The van der Waals surface area contributed by atoms with E-state index in [9.17, 15) is 9.59 Å². The van der Waals surface area contributed by atoms with Crippen LogP contribution in [0, 0.1) is 11.8 Å². The lowest BCUT2D eigenvalue weighted by atomic mass is 9.67. The summed E-state index contributed by atoms with van der Waals surface area (Å²) in [6.45, 7) is 3.90. The van der Waals surface area contributed by atoms with Crippen LogP contribution >= 0.6 is 0 Å². The first kappa shape index (κ1) is 11.5. The lowest BCUT2D eigenvalue weighted by molar-refractivity contribution is -0.157. The minimum Gasteiger partial charge on any atom is -0.335 e. The highest BCUT2D eigenvalue weighted by Gasteiger charge is 2.57. The van der Waals surface area contributed by atoms with Gasteiger partial charge in [0.05, 0.1) is 22.9 Å². The van der Waals surface area contributed by atoms with E-state index in [2.05, 4.69) is 0 Å². The van der Waals surface area contributed by atoms with Gasteiger partial charge in [0.25, 0.3) is 0 Å². The number of amides is 2. The van der Waals surface area contributed by atoms with Crippen molar-refractivity contribution in [2.45, 2.75) is 24.9 Å². The van der Waals surface area contributed by atoms with Gasteiger partial charge in [-0.15, -0.1) is 0 Å². The smallest absolute Gasteiger partial charge is 0.232 e. The van der Waals surface area contributed by atoms with E-state index < -0.39 is 11.1 Å². The topological polar surface area (TPSA) is 40.6 Å². The number of carbonyl (C=O) groups is 2. The van der Waals surface area contributed by atoms with Crippen LogP contribution in [-0.4, -0.2) is 46.8 Å². The molecule has 5 aliphatic heterocycles. The number of rotatable bonds is 0. The van der Waals surface area contributed by atoms with Crippen LogP contribution in [-0.2, 0) is 9.59 Å². The van der Waals surface area contributed by atoms with Crippen molar-refractivity contribution in [3.05, 3.63) is 24.3 Å². The molecule has 0 unspecified atom stereocenters. The molecule has 0 N–H and O–H groups in total. The molecular formula is C14H18N2O2. The molecule has 0 saturated carbocycles. The molecule has 4 nitrogen and oxygen atoms in total. The molecule has 4 heteroatoms. The average Bonchev–Trinajstić information content (AvgIpc) is 2.32. The minimum atomic E-state index is -0.544. The van der Waals surface area contributed by atoms with Crippen molar-refractivity contribution < 1.29 is 9.59 Å². The second-order valence-electron chi connectivity index (χ2n) is 5.92. The van der Waals surface area contributed by atoms with Crippen LogP contribution in [0.3, 0.4) is 0 Å². The summed E-state index contributed by atoms with van der Waals surface area (Å²) in [7, 11) is 3.59. The Hall–Kier alpha value is -1.58. The molecule has 4 atom stereocenters. The van der Waals surface area contributed by atoms with E-state index in [1.54, 1.807) is 23.9 Å². The molecule has 6 aliphatic rings. The van der Waals surface area contributed by atoms with Gasteiger partial charge < -0.3 is 9.80 Å². The first-order valence-electron chi connectivity index (χ1n) is 6.26. The predicted octanol–water partition coefficient (Wildman–Crippen LogP) is 0.806. The van der Waals surface area contributed by atoms with Crippen molar-refractivity contribution in [1.29, 1.82) is 0 Å². The summed E-state index contributed by atoms with van der Waals surface area (Å²) in [5, 5.41) is 0. The van der Waals surface area contributed by atoms with Gasteiger partial charge in [0.15, 0.2) is 0 Å². The van der Waals surface area contributed by atoms with E-state index in [0.717, 1.165) is 0 Å². The molecule has 96 valence electrons. The maximum Gasteiger partial charge on any atom is 0.232 e. The molecule has 2 amide bonds. The quantitative estimate of drug-likeness (QED) is 0.593. The number of carbonyl (C=O) groups excluding carboxylic acids is 2. The van der Waals surface area contributed by atoms with Gasteiger partial charge in [0.1, 0.15) is 0 Å². The Bertz CT molecular complexity index is 464. The molecule has 1 fully saturated rings. The molecule has 18 heavy (non-hydrogen) atoms. The molecule has 5 heterocycles. The van der Waals surface area contributed by atoms with Gasteiger partial charge >= 0.3 is 0 Å². The largest absolute Gasteiger partial charge is 0.335 e. The number of hydrogen-bond donors (Lipinski definition) is 0. The predicted molar refractivity (Wildman–Crippen MR) is 67.6 cm³/mol. The molecule has 1 aliphatic carbocycles. The van der Waals surface area contributed by atoms with Crippen molar-refractivity contribution >= 4 is 11.8 Å². The maximum absolute atomic E-state index is 12.5. The fraction of sp³-hybridized carbons (Fsp3) is 0.571. The Kier molecular flexibility index (Phi) is 1.95. The molecule has 4 bridgehead atoms. The summed E-state index contributed by atoms with van der Waals surface area (Å²) in [6, 6.07) is 0. The van der Waals surface area contributed by atoms with Crippen LogP contribution in [0.1, 0.15) is 13.8 Å². The lowest BCUT2D eigenvalue weighted by Crippen LogP contribution is -2.69. The van der Waals surface area contributed by atoms with Crippen LogP contribution in [0.15, 0.2) is 24.3 Å². The van der Waals surface area contributed by atoms with E-state index in [0.29, 0.717) is 0 Å². The van der Waals surface area contributed by atoms with Gasteiger partial charge in [-0.25, -0.2) is 0 Å². The second kappa shape index (κ2) is 3.05. The van der Waals surface area contributed by atoms with Crippen LogP contribution in [0.4, 0.5) is 0 Å². The highest BCUT2D eigenvalue weighted by molar-refractivity contribution is 5.93. The zero-order valence-electron chi connectivity index (χ0n) is 11.2. The average molecular weight is 246 g/mol.